The van der Waals surface area contributed by atoms with Gasteiger partial charge in [-0.1, -0.05) is 67.8 Å². The van der Waals surface area contributed by atoms with Crippen LogP contribution in [0.5, 0.6) is 0 Å². The van der Waals surface area contributed by atoms with Crippen LogP contribution in [-0.2, 0) is 4.79 Å². The van der Waals surface area contributed by atoms with Gasteiger partial charge in [-0.05, 0) is 30.5 Å². The molecule has 2 aliphatic heterocycles. The minimum absolute atomic E-state index is 0.105. The van der Waals surface area contributed by atoms with E-state index < -0.39 is 5.72 Å². The van der Waals surface area contributed by atoms with Crippen LogP contribution >= 0.6 is 0 Å². The number of fused-ring (bicyclic) bond motifs is 1. The topological polar surface area (TPSA) is 55.8 Å². The second-order valence-corrected chi connectivity index (χ2v) is 8.30. The molecule has 2 saturated heterocycles. The van der Waals surface area contributed by atoms with E-state index in [1.165, 1.54) is 19.3 Å². The number of anilines is 1. The second kappa shape index (κ2) is 6.90. The molecule has 3 atom stereocenters. The van der Waals surface area contributed by atoms with Gasteiger partial charge in [0, 0.05) is 12.6 Å². The summed E-state index contributed by atoms with van der Waals surface area (Å²) in [5, 5.41) is 13.5. The lowest BCUT2D eigenvalue weighted by atomic mass is 9.88. The smallest absolute Gasteiger partial charge is 0.272 e. The molecule has 5 nitrogen and oxygen atoms in total. The van der Waals surface area contributed by atoms with E-state index in [2.05, 4.69) is 17.6 Å². The molecule has 1 amide bonds. The molecule has 3 aliphatic rings. The van der Waals surface area contributed by atoms with E-state index >= 15 is 0 Å². The Morgan fingerprint density at radius 2 is 1.57 bits per heavy atom. The van der Waals surface area contributed by atoms with Gasteiger partial charge in [0.2, 0.25) is 5.72 Å². The van der Waals surface area contributed by atoms with Crippen molar-refractivity contribution < 1.29 is 9.90 Å². The van der Waals surface area contributed by atoms with Gasteiger partial charge in [0.05, 0.1) is 17.6 Å². The summed E-state index contributed by atoms with van der Waals surface area (Å²) in [6, 6.07) is 20.3. The van der Waals surface area contributed by atoms with E-state index in [0.29, 0.717) is 6.54 Å². The predicted octanol–water partition coefficient (Wildman–Crippen LogP) is 3.23. The van der Waals surface area contributed by atoms with E-state index in [4.69, 9.17) is 0 Å². The number of hydrogen-bond acceptors (Lipinski definition) is 4. The summed E-state index contributed by atoms with van der Waals surface area (Å²) in [5.41, 5.74) is 3.73. The standard InChI is InChI=1S/C23H27N3O2/c27-22-23(28)20(16-25(22)18-12-6-2-7-13-18)21(17-10-4-1-5-11-17)26(24-23)19-14-8-3-9-15-19/h1,3-5,8-11,14-15,18,20-21,24,28H,2,6-7,12-13,16H2. The molecule has 0 spiro atoms. The highest BCUT2D eigenvalue weighted by Crippen LogP contribution is 2.48. The Labute approximate surface area is 165 Å². The third-order valence-corrected chi connectivity index (χ3v) is 6.66. The third kappa shape index (κ3) is 2.73. The summed E-state index contributed by atoms with van der Waals surface area (Å²) in [4.78, 5) is 15.3. The Bertz CT molecular complexity index is 837. The molecular weight excluding hydrogens is 350 g/mol. The van der Waals surface area contributed by atoms with Gasteiger partial charge in [-0.15, -0.1) is 0 Å². The Hall–Kier alpha value is -2.37. The molecule has 1 aliphatic carbocycles. The first kappa shape index (κ1) is 17.7. The summed E-state index contributed by atoms with van der Waals surface area (Å²) in [6.07, 6.45) is 5.69. The quantitative estimate of drug-likeness (QED) is 0.862. The number of rotatable bonds is 3. The monoisotopic (exact) mass is 377 g/mol. The Morgan fingerprint density at radius 1 is 0.929 bits per heavy atom. The van der Waals surface area contributed by atoms with Crippen molar-refractivity contribution in [1.29, 1.82) is 0 Å². The Balaban J connectivity index is 1.53. The Morgan fingerprint density at radius 3 is 2.25 bits per heavy atom. The van der Waals surface area contributed by atoms with E-state index in [-0.39, 0.29) is 23.9 Å². The van der Waals surface area contributed by atoms with Gasteiger partial charge in [-0.25, -0.2) is 0 Å². The maximum Gasteiger partial charge on any atom is 0.272 e. The summed E-state index contributed by atoms with van der Waals surface area (Å²) >= 11 is 0. The maximum absolute atomic E-state index is 13.3. The zero-order valence-electron chi connectivity index (χ0n) is 16.0. The van der Waals surface area contributed by atoms with Gasteiger partial charge >= 0.3 is 0 Å². The van der Waals surface area contributed by atoms with Crippen LogP contribution in [0.3, 0.4) is 0 Å². The molecule has 1 saturated carbocycles. The first-order valence-electron chi connectivity index (χ1n) is 10.4. The predicted molar refractivity (Wildman–Crippen MR) is 108 cm³/mol. The summed E-state index contributed by atoms with van der Waals surface area (Å²) in [6.45, 7) is 0.593. The van der Waals surface area contributed by atoms with Crippen molar-refractivity contribution in [1.82, 2.24) is 10.3 Å². The number of nitrogens with zero attached hydrogens (tertiary/aromatic N) is 2. The molecule has 2 N–H and O–H groups in total. The molecule has 0 bridgehead atoms. The van der Waals surface area contributed by atoms with E-state index in [9.17, 15) is 9.90 Å². The molecule has 146 valence electrons. The highest BCUT2D eigenvalue weighted by atomic mass is 16.3. The number of carbonyl (C=O) groups is 1. The van der Waals surface area contributed by atoms with Crippen molar-refractivity contribution in [3.63, 3.8) is 0 Å². The molecular formula is C23H27N3O2. The molecule has 5 rings (SSSR count). The SMILES string of the molecule is O=C1N(C2CCCCC2)CC2C(c3ccccc3)N(c3ccccc3)NC12O. The van der Waals surface area contributed by atoms with Crippen LogP contribution in [-0.4, -0.2) is 34.2 Å². The van der Waals surface area contributed by atoms with Crippen LogP contribution < -0.4 is 10.4 Å². The van der Waals surface area contributed by atoms with Crippen molar-refractivity contribution in [2.24, 2.45) is 5.92 Å². The molecule has 3 fully saturated rings. The maximum atomic E-state index is 13.3. The number of likely N-dealkylation sites (tertiary alicyclic amines) is 1. The lowest BCUT2D eigenvalue weighted by Crippen LogP contribution is -2.55. The van der Waals surface area contributed by atoms with Crippen LogP contribution in [0.2, 0.25) is 0 Å². The minimum atomic E-state index is -1.55. The highest BCUT2D eigenvalue weighted by Gasteiger charge is 2.63. The van der Waals surface area contributed by atoms with E-state index in [1.54, 1.807) is 0 Å². The first-order valence-corrected chi connectivity index (χ1v) is 10.4. The summed E-state index contributed by atoms with van der Waals surface area (Å²) in [5.74, 6) is -0.381. The number of benzene rings is 2. The number of carbonyl (C=O) groups excluding carboxylic acids is 1. The van der Waals surface area contributed by atoms with Crippen molar-refractivity contribution in [2.45, 2.75) is 49.9 Å². The van der Waals surface area contributed by atoms with E-state index in [1.807, 2.05) is 58.4 Å². The fourth-order valence-corrected chi connectivity index (χ4v) is 5.25. The largest absolute Gasteiger partial charge is 0.366 e. The highest BCUT2D eigenvalue weighted by molar-refractivity contribution is 5.89. The molecule has 5 heteroatoms. The fraction of sp³-hybridized carbons (Fsp3) is 0.435. The molecule has 3 unspecified atom stereocenters. The molecule has 28 heavy (non-hydrogen) atoms. The Kier molecular flexibility index (Phi) is 4.37. The van der Waals surface area contributed by atoms with Gasteiger partial charge in [-0.3, -0.25) is 9.80 Å². The molecule has 2 heterocycles. The van der Waals surface area contributed by atoms with Gasteiger partial charge in [0.15, 0.2) is 0 Å². The molecule has 2 aromatic carbocycles. The number of aliphatic hydroxyl groups is 1. The average molecular weight is 377 g/mol. The summed E-state index contributed by atoms with van der Waals surface area (Å²) in [7, 11) is 0. The van der Waals surface area contributed by atoms with Crippen LogP contribution in [0.1, 0.15) is 43.7 Å². The zero-order chi connectivity index (χ0) is 19.1. The number of para-hydroxylation sites is 1. The van der Waals surface area contributed by atoms with Crippen molar-refractivity contribution in [2.75, 3.05) is 11.6 Å². The lowest BCUT2D eigenvalue weighted by molar-refractivity contribution is -0.148. The van der Waals surface area contributed by atoms with Crippen molar-refractivity contribution >= 4 is 11.6 Å². The van der Waals surface area contributed by atoms with Gasteiger partial charge in [0.1, 0.15) is 0 Å². The van der Waals surface area contributed by atoms with Crippen molar-refractivity contribution in [3.05, 3.63) is 66.2 Å². The first-order chi connectivity index (χ1) is 13.7. The number of nitrogens with one attached hydrogen (secondary N) is 1. The van der Waals surface area contributed by atoms with Gasteiger partial charge < -0.3 is 10.0 Å². The normalized spacial score (nSPS) is 30.7. The fourth-order valence-electron chi connectivity index (χ4n) is 5.25. The van der Waals surface area contributed by atoms with Crippen molar-refractivity contribution in [3.8, 4) is 0 Å². The van der Waals surface area contributed by atoms with E-state index in [0.717, 1.165) is 24.1 Å². The molecule has 0 radical (unpaired) electrons. The van der Waals surface area contributed by atoms with Crippen LogP contribution in [0, 0.1) is 5.92 Å². The van der Waals surface area contributed by atoms with Crippen LogP contribution in [0.25, 0.3) is 0 Å². The minimum Gasteiger partial charge on any atom is -0.366 e. The van der Waals surface area contributed by atoms with Crippen LogP contribution in [0.15, 0.2) is 60.7 Å². The second-order valence-electron chi connectivity index (χ2n) is 8.30. The summed E-state index contributed by atoms with van der Waals surface area (Å²) < 4.78 is 0. The number of amides is 1. The average Bonchev–Trinajstić information content (AvgIpc) is 3.19. The third-order valence-electron chi connectivity index (χ3n) is 6.66. The van der Waals surface area contributed by atoms with Gasteiger partial charge in [0.25, 0.3) is 5.91 Å². The lowest BCUT2D eigenvalue weighted by Gasteiger charge is -2.35. The van der Waals surface area contributed by atoms with Crippen LogP contribution in [0.4, 0.5) is 5.69 Å². The molecule has 2 aromatic rings. The number of hydrazine groups is 1. The number of hydrogen-bond donors (Lipinski definition) is 2. The van der Waals surface area contributed by atoms with Gasteiger partial charge in [-0.2, -0.15) is 5.43 Å². The molecule has 0 aromatic heterocycles. The zero-order valence-corrected chi connectivity index (χ0v) is 16.0.